The van der Waals surface area contributed by atoms with Gasteiger partial charge in [0.05, 0.1) is 4.92 Å². The quantitative estimate of drug-likeness (QED) is 0.660. The SMILES string of the molecule is CC(=O)Nc1ccc([N+](=O)[O-])c(Nc2ccccc2)c1. The molecule has 102 valence electrons. The average molecular weight is 271 g/mol. The zero-order valence-corrected chi connectivity index (χ0v) is 10.8. The first-order chi connectivity index (χ1) is 9.56. The van der Waals surface area contributed by atoms with Gasteiger partial charge in [-0.3, -0.25) is 14.9 Å². The fourth-order valence-corrected chi connectivity index (χ4v) is 1.75. The van der Waals surface area contributed by atoms with Crippen LogP contribution in [0.25, 0.3) is 0 Å². The van der Waals surface area contributed by atoms with E-state index < -0.39 is 4.92 Å². The number of nitro benzene ring substituents is 1. The third-order valence-electron chi connectivity index (χ3n) is 2.57. The zero-order chi connectivity index (χ0) is 14.5. The molecule has 0 aliphatic rings. The van der Waals surface area contributed by atoms with Gasteiger partial charge in [-0.05, 0) is 24.3 Å². The van der Waals surface area contributed by atoms with E-state index in [0.717, 1.165) is 5.69 Å². The molecule has 0 radical (unpaired) electrons. The van der Waals surface area contributed by atoms with Crippen molar-refractivity contribution in [1.82, 2.24) is 0 Å². The molecule has 2 N–H and O–H groups in total. The van der Waals surface area contributed by atoms with E-state index in [9.17, 15) is 14.9 Å². The number of hydrogen-bond acceptors (Lipinski definition) is 4. The Morgan fingerprint density at radius 3 is 2.40 bits per heavy atom. The standard InChI is InChI=1S/C14H13N3O3/c1-10(18)15-12-7-8-14(17(19)20)13(9-12)16-11-5-3-2-4-6-11/h2-9,16H,1H3,(H,15,18). The van der Waals surface area contributed by atoms with Crippen LogP contribution in [-0.2, 0) is 4.79 Å². The number of rotatable bonds is 4. The van der Waals surface area contributed by atoms with Gasteiger partial charge in [-0.1, -0.05) is 18.2 Å². The first-order valence-electron chi connectivity index (χ1n) is 5.94. The van der Waals surface area contributed by atoms with Crippen molar-refractivity contribution in [2.24, 2.45) is 0 Å². The number of hydrogen-bond donors (Lipinski definition) is 2. The van der Waals surface area contributed by atoms with Crippen molar-refractivity contribution >= 4 is 28.7 Å². The van der Waals surface area contributed by atoms with Crippen molar-refractivity contribution in [3.8, 4) is 0 Å². The lowest BCUT2D eigenvalue weighted by Gasteiger charge is -2.09. The highest BCUT2D eigenvalue weighted by Gasteiger charge is 2.14. The molecule has 2 aromatic carbocycles. The Bertz CT molecular complexity index is 641. The number of nitro groups is 1. The van der Waals surface area contributed by atoms with E-state index in [-0.39, 0.29) is 11.6 Å². The molecule has 1 amide bonds. The van der Waals surface area contributed by atoms with Crippen LogP contribution in [0, 0.1) is 10.1 Å². The molecule has 0 unspecified atom stereocenters. The topological polar surface area (TPSA) is 84.3 Å². The van der Waals surface area contributed by atoms with E-state index in [2.05, 4.69) is 10.6 Å². The number of amides is 1. The van der Waals surface area contributed by atoms with Crippen LogP contribution in [0.4, 0.5) is 22.7 Å². The van der Waals surface area contributed by atoms with Gasteiger partial charge in [0.15, 0.2) is 0 Å². The average Bonchev–Trinajstić information content (AvgIpc) is 2.39. The molecule has 0 aliphatic heterocycles. The van der Waals surface area contributed by atoms with Crippen molar-refractivity contribution in [3.05, 3.63) is 58.6 Å². The Labute approximate surface area is 115 Å². The largest absolute Gasteiger partial charge is 0.350 e. The monoisotopic (exact) mass is 271 g/mol. The first kappa shape index (κ1) is 13.5. The minimum atomic E-state index is -0.469. The summed E-state index contributed by atoms with van der Waals surface area (Å²) in [7, 11) is 0. The second-order valence-electron chi connectivity index (χ2n) is 4.16. The Kier molecular flexibility index (Phi) is 3.95. The van der Waals surface area contributed by atoms with Crippen LogP contribution in [0.5, 0.6) is 0 Å². The Balaban J connectivity index is 2.36. The Morgan fingerprint density at radius 2 is 1.80 bits per heavy atom. The second kappa shape index (κ2) is 5.83. The molecule has 6 nitrogen and oxygen atoms in total. The maximum absolute atomic E-state index is 11.0. The molecule has 0 heterocycles. The molecule has 0 spiro atoms. The number of nitrogens with one attached hydrogen (secondary N) is 2. The third-order valence-corrected chi connectivity index (χ3v) is 2.57. The van der Waals surface area contributed by atoms with Crippen LogP contribution in [0.2, 0.25) is 0 Å². The second-order valence-corrected chi connectivity index (χ2v) is 4.16. The van der Waals surface area contributed by atoms with E-state index in [1.807, 2.05) is 18.2 Å². The number of anilines is 3. The van der Waals surface area contributed by atoms with Crippen molar-refractivity contribution in [2.45, 2.75) is 6.92 Å². The number of benzene rings is 2. The van der Waals surface area contributed by atoms with Crippen molar-refractivity contribution in [1.29, 1.82) is 0 Å². The lowest BCUT2D eigenvalue weighted by Crippen LogP contribution is -2.06. The molecule has 6 heteroatoms. The summed E-state index contributed by atoms with van der Waals surface area (Å²) in [5.74, 6) is -0.232. The molecule has 0 saturated carbocycles. The summed E-state index contributed by atoms with van der Waals surface area (Å²) in [6.45, 7) is 1.38. The maximum atomic E-state index is 11.0. The normalized spacial score (nSPS) is 9.85. The summed E-state index contributed by atoms with van der Waals surface area (Å²) >= 11 is 0. The van der Waals surface area contributed by atoms with Gasteiger partial charge in [-0.15, -0.1) is 0 Å². The molecule has 0 atom stereocenters. The molecule has 2 rings (SSSR count). The predicted molar refractivity (Wildman–Crippen MR) is 77.1 cm³/mol. The molecule has 0 fully saturated rings. The van der Waals surface area contributed by atoms with Gasteiger partial charge in [-0.25, -0.2) is 0 Å². The highest BCUT2D eigenvalue weighted by Crippen LogP contribution is 2.30. The summed E-state index contributed by atoms with van der Waals surface area (Å²) in [4.78, 5) is 21.6. The van der Waals surface area contributed by atoms with Crippen LogP contribution >= 0.6 is 0 Å². The zero-order valence-electron chi connectivity index (χ0n) is 10.8. The lowest BCUT2D eigenvalue weighted by atomic mass is 10.2. The summed E-state index contributed by atoms with van der Waals surface area (Å²) in [6, 6.07) is 13.5. The first-order valence-corrected chi connectivity index (χ1v) is 5.94. The fourth-order valence-electron chi connectivity index (χ4n) is 1.75. The molecular formula is C14H13N3O3. The summed E-state index contributed by atoms with van der Waals surface area (Å²) in [5.41, 5.74) is 1.51. The van der Waals surface area contributed by atoms with Crippen LogP contribution in [0.15, 0.2) is 48.5 Å². The maximum Gasteiger partial charge on any atom is 0.292 e. The summed E-state index contributed by atoms with van der Waals surface area (Å²) in [6.07, 6.45) is 0. The molecule has 0 aliphatic carbocycles. The van der Waals surface area contributed by atoms with E-state index in [1.54, 1.807) is 12.1 Å². The number of carbonyl (C=O) groups is 1. The van der Waals surface area contributed by atoms with E-state index in [0.29, 0.717) is 11.4 Å². The highest BCUT2D eigenvalue weighted by atomic mass is 16.6. The van der Waals surface area contributed by atoms with Gasteiger partial charge in [0.2, 0.25) is 5.91 Å². The van der Waals surface area contributed by atoms with Gasteiger partial charge in [0.25, 0.3) is 5.69 Å². The molecule has 20 heavy (non-hydrogen) atoms. The molecule has 0 saturated heterocycles. The number of nitrogens with zero attached hydrogens (tertiary/aromatic N) is 1. The van der Waals surface area contributed by atoms with Crippen LogP contribution in [0.1, 0.15) is 6.92 Å². The van der Waals surface area contributed by atoms with Crippen LogP contribution in [-0.4, -0.2) is 10.8 Å². The minimum Gasteiger partial charge on any atom is -0.350 e. The van der Waals surface area contributed by atoms with Gasteiger partial charge >= 0.3 is 0 Å². The Morgan fingerprint density at radius 1 is 1.10 bits per heavy atom. The van der Waals surface area contributed by atoms with Crippen molar-refractivity contribution < 1.29 is 9.72 Å². The summed E-state index contributed by atoms with van der Waals surface area (Å²) < 4.78 is 0. The van der Waals surface area contributed by atoms with Crippen molar-refractivity contribution in [2.75, 3.05) is 10.6 Å². The van der Waals surface area contributed by atoms with Gasteiger partial charge in [0.1, 0.15) is 5.69 Å². The van der Waals surface area contributed by atoms with E-state index >= 15 is 0 Å². The highest BCUT2D eigenvalue weighted by molar-refractivity contribution is 5.90. The van der Waals surface area contributed by atoms with E-state index in [4.69, 9.17) is 0 Å². The third kappa shape index (κ3) is 3.32. The summed E-state index contributed by atoms with van der Waals surface area (Å²) in [5, 5.41) is 16.6. The number of para-hydroxylation sites is 1. The van der Waals surface area contributed by atoms with Gasteiger partial charge in [0, 0.05) is 24.4 Å². The van der Waals surface area contributed by atoms with Crippen LogP contribution in [0.3, 0.4) is 0 Å². The smallest absolute Gasteiger partial charge is 0.292 e. The van der Waals surface area contributed by atoms with E-state index in [1.165, 1.54) is 25.1 Å². The Hall–Kier alpha value is -2.89. The molecular weight excluding hydrogens is 258 g/mol. The van der Waals surface area contributed by atoms with Gasteiger partial charge in [-0.2, -0.15) is 0 Å². The lowest BCUT2D eigenvalue weighted by molar-refractivity contribution is -0.383. The van der Waals surface area contributed by atoms with Crippen molar-refractivity contribution in [3.63, 3.8) is 0 Å². The number of carbonyl (C=O) groups excluding carboxylic acids is 1. The molecule has 0 bridgehead atoms. The predicted octanol–water partition coefficient (Wildman–Crippen LogP) is 3.30. The minimum absolute atomic E-state index is 0.0528. The molecule has 2 aromatic rings. The van der Waals surface area contributed by atoms with Crippen LogP contribution < -0.4 is 10.6 Å². The fraction of sp³-hybridized carbons (Fsp3) is 0.0714. The molecule has 0 aromatic heterocycles. The van der Waals surface area contributed by atoms with Gasteiger partial charge < -0.3 is 10.6 Å².